The van der Waals surface area contributed by atoms with E-state index in [4.69, 9.17) is 4.74 Å². The summed E-state index contributed by atoms with van der Waals surface area (Å²) in [6.07, 6.45) is 1.27. The SMILES string of the molecule is CCOC(=O)C1CCN(C(=O)CSc2ccccc2F)CC1. The second-order valence-electron chi connectivity index (χ2n) is 5.13. The minimum Gasteiger partial charge on any atom is -0.466 e. The van der Waals surface area contributed by atoms with E-state index >= 15 is 0 Å². The molecule has 0 bridgehead atoms. The Labute approximate surface area is 134 Å². The van der Waals surface area contributed by atoms with Gasteiger partial charge in [0.2, 0.25) is 5.91 Å². The first-order chi connectivity index (χ1) is 10.6. The van der Waals surface area contributed by atoms with Crippen LogP contribution in [-0.2, 0) is 14.3 Å². The Hall–Kier alpha value is -1.56. The van der Waals surface area contributed by atoms with Crippen LogP contribution in [0.3, 0.4) is 0 Å². The zero-order chi connectivity index (χ0) is 15.9. The number of esters is 1. The number of ether oxygens (including phenoxy) is 1. The molecule has 6 heteroatoms. The van der Waals surface area contributed by atoms with Crippen molar-refractivity contribution in [1.29, 1.82) is 0 Å². The number of halogens is 1. The van der Waals surface area contributed by atoms with Crippen LogP contribution in [0.4, 0.5) is 4.39 Å². The van der Waals surface area contributed by atoms with Crippen molar-refractivity contribution >= 4 is 23.6 Å². The number of hydrogen-bond acceptors (Lipinski definition) is 4. The van der Waals surface area contributed by atoms with Gasteiger partial charge >= 0.3 is 5.97 Å². The molecule has 22 heavy (non-hydrogen) atoms. The standard InChI is InChI=1S/C16H20FNO3S/c1-2-21-16(20)12-7-9-18(10-8-12)15(19)11-22-14-6-4-3-5-13(14)17/h3-6,12H,2,7-11H2,1H3. The van der Waals surface area contributed by atoms with Crippen molar-refractivity contribution in [3.63, 3.8) is 0 Å². The summed E-state index contributed by atoms with van der Waals surface area (Å²) in [7, 11) is 0. The van der Waals surface area contributed by atoms with Gasteiger partial charge in [0.25, 0.3) is 0 Å². The highest BCUT2D eigenvalue weighted by Crippen LogP contribution is 2.23. The molecule has 0 radical (unpaired) electrons. The summed E-state index contributed by atoms with van der Waals surface area (Å²) >= 11 is 1.21. The highest BCUT2D eigenvalue weighted by Gasteiger charge is 2.28. The van der Waals surface area contributed by atoms with Crippen molar-refractivity contribution in [3.05, 3.63) is 30.1 Å². The average molecular weight is 325 g/mol. The molecule has 1 aliphatic rings. The van der Waals surface area contributed by atoms with E-state index in [9.17, 15) is 14.0 Å². The topological polar surface area (TPSA) is 46.6 Å². The highest BCUT2D eigenvalue weighted by atomic mass is 32.2. The summed E-state index contributed by atoms with van der Waals surface area (Å²) in [6.45, 7) is 3.29. The van der Waals surface area contributed by atoms with Crippen molar-refractivity contribution in [3.8, 4) is 0 Å². The minimum atomic E-state index is -0.304. The molecule has 0 saturated carbocycles. The van der Waals surface area contributed by atoms with Gasteiger partial charge in [0.05, 0.1) is 18.3 Å². The zero-order valence-electron chi connectivity index (χ0n) is 12.6. The molecule has 1 fully saturated rings. The van der Waals surface area contributed by atoms with E-state index in [0.29, 0.717) is 37.4 Å². The third-order valence-electron chi connectivity index (χ3n) is 3.66. The van der Waals surface area contributed by atoms with E-state index in [0.717, 1.165) is 0 Å². The van der Waals surface area contributed by atoms with Gasteiger partial charge in [0, 0.05) is 18.0 Å². The number of benzene rings is 1. The average Bonchev–Trinajstić information content (AvgIpc) is 2.54. The Morgan fingerprint density at radius 3 is 2.64 bits per heavy atom. The van der Waals surface area contributed by atoms with Gasteiger partial charge in [-0.05, 0) is 31.9 Å². The number of hydrogen-bond donors (Lipinski definition) is 0. The molecule has 0 spiro atoms. The summed E-state index contributed by atoms with van der Waals surface area (Å²) in [6, 6.07) is 6.43. The number of nitrogens with zero attached hydrogens (tertiary/aromatic N) is 1. The maximum Gasteiger partial charge on any atom is 0.309 e. The van der Waals surface area contributed by atoms with Gasteiger partial charge in [-0.15, -0.1) is 11.8 Å². The van der Waals surface area contributed by atoms with Gasteiger partial charge in [-0.3, -0.25) is 9.59 Å². The molecule has 1 aromatic rings. The number of carbonyl (C=O) groups is 2. The lowest BCUT2D eigenvalue weighted by molar-refractivity contribution is -0.151. The second-order valence-corrected chi connectivity index (χ2v) is 6.14. The number of amides is 1. The number of carbonyl (C=O) groups excluding carboxylic acids is 2. The van der Waals surface area contributed by atoms with E-state index in [1.807, 2.05) is 0 Å². The zero-order valence-corrected chi connectivity index (χ0v) is 13.4. The first-order valence-corrected chi connectivity index (χ1v) is 8.42. The minimum absolute atomic E-state index is 0.0180. The molecule has 4 nitrogen and oxygen atoms in total. The third-order valence-corrected chi connectivity index (χ3v) is 4.69. The van der Waals surface area contributed by atoms with Crippen LogP contribution < -0.4 is 0 Å². The monoisotopic (exact) mass is 325 g/mol. The normalized spacial score (nSPS) is 15.6. The smallest absolute Gasteiger partial charge is 0.309 e. The van der Waals surface area contributed by atoms with Gasteiger partial charge in [0.15, 0.2) is 0 Å². The summed E-state index contributed by atoms with van der Waals surface area (Å²) in [5.74, 6) is -0.388. The summed E-state index contributed by atoms with van der Waals surface area (Å²) in [5, 5.41) is 0. The fourth-order valence-corrected chi connectivity index (χ4v) is 3.26. The number of rotatable bonds is 5. The number of piperidine rings is 1. The van der Waals surface area contributed by atoms with Crippen molar-refractivity contribution in [1.82, 2.24) is 4.90 Å². The van der Waals surface area contributed by atoms with Crippen LogP contribution >= 0.6 is 11.8 Å². The van der Waals surface area contributed by atoms with Gasteiger partial charge < -0.3 is 9.64 Å². The Kier molecular flexibility index (Phi) is 6.24. The molecule has 0 unspecified atom stereocenters. The molecule has 1 amide bonds. The molecule has 2 rings (SSSR count). The lowest BCUT2D eigenvalue weighted by atomic mass is 9.97. The summed E-state index contributed by atoms with van der Waals surface area (Å²) in [5.41, 5.74) is 0. The van der Waals surface area contributed by atoms with Crippen LogP contribution in [-0.4, -0.2) is 42.2 Å². The van der Waals surface area contributed by atoms with Gasteiger partial charge in [-0.1, -0.05) is 12.1 Å². The maximum absolute atomic E-state index is 13.5. The van der Waals surface area contributed by atoms with Crippen molar-refractivity contribution < 1.29 is 18.7 Å². The molecule has 1 saturated heterocycles. The van der Waals surface area contributed by atoms with E-state index in [1.54, 1.807) is 30.0 Å². The Bertz CT molecular complexity index is 530. The van der Waals surface area contributed by atoms with Gasteiger partial charge in [0.1, 0.15) is 5.82 Å². The number of likely N-dealkylation sites (tertiary alicyclic amines) is 1. The Balaban J connectivity index is 1.78. The maximum atomic E-state index is 13.5. The molecule has 0 aliphatic carbocycles. The van der Waals surface area contributed by atoms with Crippen LogP contribution in [0.2, 0.25) is 0 Å². The Morgan fingerprint density at radius 1 is 1.32 bits per heavy atom. The van der Waals surface area contributed by atoms with Crippen molar-refractivity contribution in [2.24, 2.45) is 5.92 Å². The first kappa shape index (κ1) is 16.8. The fraction of sp³-hybridized carbons (Fsp3) is 0.500. The third kappa shape index (κ3) is 4.47. The van der Waals surface area contributed by atoms with Crippen LogP contribution in [0.5, 0.6) is 0 Å². The van der Waals surface area contributed by atoms with Crippen molar-refractivity contribution in [2.75, 3.05) is 25.4 Å². The largest absolute Gasteiger partial charge is 0.466 e. The van der Waals surface area contributed by atoms with E-state index in [1.165, 1.54) is 17.8 Å². The molecule has 0 N–H and O–H groups in total. The van der Waals surface area contributed by atoms with Crippen LogP contribution in [0.25, 0.3) is 0 Å². The molecular formula is C16H20FNO3S. The summed E-state index contributed by atoms with van der Waals surface area (Å²) in [4.78, 5) is 26.0. The molecule has 0 atom stereocenters. The van der Waals surface area contributed by atoms with Gasteiger partial charge in [-0.25, -0.2) is 4.39 Å². The highest BCUT2D eigenvalue weighted by molar-refractivity contribution is 8.00. The summed E-state index contributed by atoms with van der Waals surface area (Å²) < 4.78 is 18.5. The van der Waals surface area contributed by atoms with Crippen LogP contribution in [0, 0.1) is 11.7 Å². The fourth-order valence-electron chi connectivity index (χ4n) is 2.42. The number of thioether (sulfide) groups is 1. The molecule has 1 aliphatic heterocycles. The lowest BCUT2D eigenvalue weighted by Crippen LogP contribution is -2.41. The quantitative estimate of drug-likeness (QED) is 0.617. The second kappa shape index (κ2) is 8.17. The molecule has 120 valence electrons. The predicted molar refractivity (Wildman–Crippen MR) is 83.1 cm³/mol. The molecule has 1 heterocycles. The Morgan fingerprint density at radius 2 is 2.00 bits per heavy atom. The first-order valence-electron chi connectivity index (χ1n) is 7.43. The van der Waals surface area contributed by atoms with E-state index in [2.05, 4.69) is 0 Å². The van der Waals surface area contributed by atoms with Gasteiger partial charge in [-0.2, -0.15) is 0 Å². The predicted octanol–water partition coefficient (Wildman–Crippen LogP) is 2.72. The van der Waals surface area contributed by atoms with E-state index in [-0.39, 0.29) is 29.4 Å². The van der Waals surface area contributed by atoms with Crippen LogP contribution in [0.1, 0.15) is 19.8 Å². The van der Waals surface area contributed by atoms with Crippen molar-refractivity contribution in [2.45, 2.75) is 24.7 Å². The lowest BCUT2D eigenvalue weighted by Gasteiger charge is -2.30. The molecule has 0 aromatic heterocycles. The van der Waals surface area contributed by atoms with E-state index < -0.39 is 0 Å². The molecule has 1 aromatic carbocycles. The molecular weight excluding hydrogens is 305 g/mol. The van der Waals surface area contributed by atoms with Crippen LogP contribution in [0.15, 0.2) is 29.2 Å².